The molecule has 0 bridgehead atoms. The Morgan fingerprint density at radius 1 is 1.26 bits per heavy atom. The predicted octanol–water partition coefficient (Wildman–Crippen LogP) is 5.27. The first kappa shape index (κ1) is 27.5. The number of carbonyl (C=O) groups excluding carboxylic acids is 1. The van der Waals surface area contributed by atoms with E-state index >= 15 is 0 Å². The summed E-state index contributed by atoms with van der Waals surface area (Å²) >= 11 is 8.34. The van der Waals surface area contributed by atoms with E-state index in [1.54, 1.807) is 17.6 Å². The van der Waals surface area contributed by atoms with Crippen LogP contribution < -0.4 is 19.6 Å². The van der Waals surface area contributed by atoms with Gasteiger partial charge in [-0.1, -0.05) is 63.7 Å². The molecule has 0 radical (unpaired) electrons. The maximum atomic E-state index is 14.0. The van der Waals surface area contributed by atoms with Gasteiger partial charge >= 0.3 is 5.97 Å². The van der Waals surface area contributed by atoms with Gasteiger partial charge in [0.25, 0.3) is 5.56 Å². The quantitative estimate of drug-likeness (QED) is 0.191. The topological polar surface area (TPSA) is 93.7 Å². The second-order valence-electron chi connectivity index (χ2n) is 8.20. The number of rotatable bonds is 7. The number of hydrogen-bond acceptors (Lipinski definition) is 8. The van der Waals surface area contributed by atoms with Crippen LogP contribution in [0.2, 0.25) is 0 Å². The molecule has 196 valence electrons. The Hall–Kier alpha value is -3.05. The molecule has 0 N–H and O–H groups in total. The van der Waals surface area contributed by atoms with Crippen LogP contribution in [0.4, 0.5) is 0 Å². The first-order chi connectivity index (χ1) is 18.9. The zero-order chi connectivity index (χ0) is 27.5. The number of thiophene rings is 1. The summed E-state index contributed by atoms with van der Waals surface area (Å²) in [7, 11) is 0. The number of nitriles is 1. The first-order valence-corrected chi connectivity index (χ1v) is 15.3. The molecule has 0 spiro atoms. The molecule has 1 aliphatic rings. The van der Waals surface area contributed by atoms with Crippen LogP contribution in [0, 0.1) is 14.9 Å². The average molecular weight is 732 g/mol. The zero-order valence-electron chi connectivity index (χ0n) is 20.4. The Morgan fingerprint density at radius 2 is 2.05 bits per heavy atom. The van der Waals surface area contributed by atoms with Crippen LogP contribution in [-0.2, 0) is 9.53 Å². The molecule has 0 aliphatic carbocycles. The second-order valence-corrected chi connectivity index (χ2v) is 12.3. The summed E-state index contributed by atoms with van der Waals surface area (Å²) in [6.45, 7) is 1.82. The third-order valence-corrected chi connectivity index (χ3v) is 8.96. The zero-order valence-corrected chi connectivity index (χ0v) is 25.8. The molecule has 0 fully saturated rings. The highest BCUT2D eigenvalue weighted by atomic mass is 127. The number of halogens is 2. The summed E-state index contributed by atoms with van der Waals surface area (Å²) in [5.74, 6) is -0.000282. The SMILES string of the molecule is CCOC(=O)C1=C(c2ccccc2)N=c2s/c(=C\c3cc(Br)cc(I)c3OCC#N)c(=O)n2[C@H]1c1cccs1. The predicted molar refractivity (Wildman–Crippen MR) is 163 cm³/mol. The van der Waals surface area contributed by atoms with Crippen LogP contribution in [0.3, 0.4) is 0 Å². The minimum atomic E-state index is -0.699. The molecule has 0 saturated heterocycles. The van der Waals surface area contributed by atoms with Crippen molar-refractivity contribution in [2.75, 3.05) is 13.2 Å². The summed E-state index contributed by atoms with van der Waals surface area (Å²) in [4.78, 5) is 33.6. The Kier molecular flexibility index (Phi) is 8.46. The number of fused-ring (bicyclic) bond motifs is 1. The van der Waals surface area contributed by atoms with Gasteiger partial charge in [-0.2, -0.15) is 5.26 Å². The lowest BCUT2D eigenvalue weighted by molar-refractivity contribution is -0.138. The third kappa shape index (κ3) is 5.51. The fourth-order valence-electron chi connectivity index (χ4n) is 4.24. The van der Waals surface area contributed by atoms with Gasteiger partial charge < -0.3 is 9.47 Å². The number of nitrogens with zero attached hydrogens (tertiary/aromatic N) is 3. The lowest BCUT2D eigenvalue weighted by atomic mass is 9.97. The van der Waals surface area contributed by atoms with Gasteiger partial charge in [0.2, 0.25) is 0 Å². The molecule has 5 rings (SSSR count). The van der Waals surface area contributed by atoms with Crippen molar-refractivity contribution in [3.8, 4) is 11.8 Å². The van der Waals surface area contributed by atoms with Gasteiger partial charge in [-0.25, -0.2) is 9.79 Å². The summed E-state index contributed by atoms with van der Waals surface area (Å²) in [5.41, 5.74) is 1.92. The van der Waals surface area contributed by atoms with Crippen molar-refractivity contribution in [3.63, 3.8) is 0 Å². The molecule has 0 amide bonds. The number of ether oxygens (including phenoxy) is 2. The first-order valence-electron chi connectivity index (χ1n) is 11.7. The molecule has 39 heavy (non-hydrogen) atoms. The van der Waals surface area contributed by atoms with Gasteiger partial charge in [-0.05, 0) is 59.2 Å². The molecule has 1 atom stereocenters. The van der Waals surface area contributed by atoms with Gasteiger partial charge in [0.15, 0.2) is 11.4 Å². The van der Waals surface area contributed by atoms with Gasteiger partial charge in [-0.3, -0.25) is 9.36 Å². The van der Waals surface area contributed by atoms with Crippen molar-refractivity contribution in [1.82, 2.24) is 4.57 Å². The molecule has 0 saturated carbocycles. The smallest absolute Gasteiger partial charge is 0.338 e. The minimum absolute atomic E-state index is 0.124. The molecule has 11 heteroatoms. The molecule has 4 aromatic rings. The molecule has 1 aliphatic heterocycles. The highest BCUT2D eigenvalue weighted by molar-refractivity contribution is 14.1. The molecular formula is C28H19BrIN3O4S2. The van der Waals surface area contributed by atoms with E-state index in [9.17, 15) is 9.59 Å². The molecule has 3 heterocycles. The van der Waals surface area contributed by atoms with Gasteiger partial charge in [-0.15, -0.1) is 11.3 Å². The standard InChI is InChI=1S/C28H19BrIN3O4S2/c1-2-36-27(35)22-23(16-7-4-3-5-8-16)32-28-33(24(22)20-9-6-12-38-20)26(34)21(39-28)14-17-13-18(29)15-19(30)25(17)37-11-10-31/h3-9,12-15,24H,2,11H2,1H3/b21-14-/t24-/m0/s1. The van der Waals surface area contributed by atoms with E-state index in [-0.39, 0.29) is 18.8 Å². The average Bonchev–Trinajstić information content (AvgIpc) is 3.56. The number of thiazole rings is 1. The lowest BCUT2D eigenvalue weighted by Crippen LogP contribution is -2.39. The Labute approximate surface area is 253 Å². The van der Waals surface area contributed by atoms with Crippen LogP contribution in [0.15, 0.2) is 79.8 Å². The van der Waals surface area contributed by atoms with E-state index in [4.69, 9.17) is 19.7 Å². The maximum absolute atomic E-state index is 14.0. The highest BCUT2D eigenvalue weighted by Crippen LogP contribution is 2.37. The number of esters is 1. The Balaban J connectivity index is 1.80. The minimum Gasteiger partial charge on any atom is -0.477 e. The summed E-state index contributed by atoms with van der Waals surface area (Å²) in [5, 5.41) is 11.0. The van der Waals surface area contributed by atoms with E-state index < -0.39 is 12.0 Å². The van der Waals surface area contributed by atoms with Crippen molar-refractivity contribution >= 4 is 78.9 Å². The molecule has 2 aromatic carbocycles. The fourth-order valence-corrected chi connectivity index (χ4v) is 7.76. The van der Waals surface area contributed by atoms with Crippen LogP contribution in [0.25, 0.3) is 11.8 Å². The van der Waals surface area contributed by atoms with Crippen molar-refractivity contribution < 1.29 is 14.3 Å². The fraction of sp³-hybridized carbons (Fsp3) is 0.143. The van der Waals surface area contributed by atoms with E-state index in [2.05, 4.69) is 38.5 Å². The van der Waals surface area contributed by atoms with E-state index in [1.165, 1.54) is 22.7 Å². The van der Waals surface area contributed by atoms with Crippen molar-refractivity contribution in [3.05, 3.63) is 109 Å². The van der Waals surface area contributed by atoms with E-state index in [0.29, 0.717) is 31.9 Å². The molecule has 2 aromatic heterocycles. The largest absolute Gasteiger partial charge is 0.477 e. The van der Waals surface area contributed by atoms with Gasteiger partial charge in [0, 0.05) is 20.5 Å². The second kappa shape index (κ2) is 12.0. The van der Waals surface area contributed by atoms with Crippen molar-refractivity contribution in [2.24, 2.45) is 4.99 Å². The monoisotopic (exact) mass is 731 g/mol. The number of carbonyl (C=O) groups is 1. The number of benzene rings is 2. The van der Waals surface area contributed by atoms with E-state index in [1.807, 2.05) is 66.0 Å². The van der Waals surface area contributed by atoms with Crippen LogP contribution >= 0.6 is 61.2 Å². The van der Waals surface area contributed by atoms with Crippen LogP contribution in [0.5, 0.6) is 5.75 Å². The Bertz CT molecular complexity index is 1810. The van der Waals surface area contributed by atoms with Gasteiger partial charge in [0.05, 0.1) is 26.0 Å². The van der Waals surface area contributed by atoms with Crippen LogP contribution in [0.1, 0.15) is 29.0 Å². The lowest BCUT2D eigenvalue weighted by Gasteiger charge is -2.24. The maximum Gasteiger partial charge on any atom is 0.338 e. The summed E-state index contributed by atoms with van der Waals surface area (Å²) < 4.78 is 14.8. The number of aromatic nitrogens is 1. The van der Waals surface area contributed by atoms with Crippen LogP contribution in [-0.4, -0.2) is 23.8 Å². The number of hydrogen-bond donors (Lipinski definition) is 0. The molecular weight excluding hydrogens is 713 g/mol. The summed E-state index contributed by atoms with van der Waals surface area (Å²) in [6, 6.07) is 18.2. The third-order valence-electron chi connectivity index (χ3n) is 5.79. The van der Waals surface area contributed by atoms with Crippen molar-refractivity contribution in [1.29, 1.82) is 5.26 Å². The summed E-state index contributed by atoms with van der Waals surface area (Å²) in [6.07, 6.45) is 1.74. The van der Waals surface area contributed by atoms with Gasteiger partial charge in [0.1, 0.15) is 17.9 Å². The van der Waals surface area contributed by atoms with E-state index in [0.717, 1.165) is 18.5 Å². The highest BCUT2D eigenvalue weighted by Gasteiger charge is 2.35. The molecule has 0 unspecified atom stereocenters. The molecule has 7 nitrogen and oxygen atoms in total. The normalized spacial score (nSPS) is 14.9. The Morgan fingerprint density at radius 3 is 2.74 bits per heavy atom. The van der Waals surface area contributed by atoms with Crippen molar-refractivity contribution in [2.45, 2.75) is 13.0 Å².